The van der Waals surface area contributed by atoms with E-state index >= 15 is 0 Å². The van der Waals surface area contributed by atoms with Crippen molar-refractivity contribution >= 4 is 12.0 Å². The van der Waals surface area contributed by atoms with Gasteiger partial charge in [-0.05, 0) is 36.6 Å². The van der Waals surface area contributed by atoms with Gasteiger partial charge < -0.3 is 59.4 Å². The maximum atomic E-state index is 12.0. The van der Waals surface area contributed by atoms with Gasteiger partial charge in [0.25, 0.3) is 0 Å². The predicted octanol–water partition coefficient (Wildman–Crippen LogP) is -0.700. The molecule has 13 heteroatoms. The molecule has 8 atom stereocenters. The van der Waals surface area contributed by atoms with Crippen molar-refractivity contribution in [2.24, 2.45) is 0 Å². The van der Waals surface area contributed by atoms with Gasteiger partial charge in [0.15, 0.2) is 29.7 Å². The van der Waals surface area contributed by atoms with E-state index in [1.165, 1.54) is 24.3 Å². The average molecular weight is 557 g/mol. The van der Waals surface area contributed by atoms with Crippen LogP contribution in [0.4, 0.5) is 0 Å². The first kappa shape index (κ1) is 30.9. The van der Waals surface area contributed by atoms with Gasteiger partial charge in [-0.3, -0.25) is 0 Å². The highest BCUT2D eigenvalue weighted by molar-refractivity contribution is 5.87. The van der Waals surface area contributed by atoms with Crippen LogP contribution < -0.4 is 0 Å². The summed E-state index contributed by atoms with van der Waals surface area (Å²) in [5.41, 5.74) is -1.59. The molecule has 0 unspecified atom stereocenters. The molecule has 13 nitrogen and oxygen atoms in total. The summed E-state index contributed by atoms with van der Waals surface area (Å²) in [6.45, 7) is 0.734. The van der Waals surface area contributed by atoms with E-state index in [9.17, 15) is 40.5 Å². The Labute approximate surface area is 225 Å². The Kier molecular flexibility index (Phi) is 11.2. The average Bonchev–Trinajstić information content (AvgIpc) is 3.20. The van der Waals surface area contributed by atoms with Crippen molar-refractivity contribution in [3.63, 3.8) is 0 Å². The molecule has 0 aromatic heterocycles. The molecule has 0 saturated carbocycles. The van der Waals surface area contributed by atoms with Gasteiger partial charge in [0.05, 0.1) is 19.8 Å². The van der Waals surface area contributed by atoms with E-state index in [0.29, 0.717) is 12.0 Å². The van der Waals surface area contributed by atoms with Crippen LogP contribution in [0.25, 0.3) is 6.08 Å². The lowest BCUT2D eigenvalue weighted by Crippen LogP contribution is -2.59. The fraction of sp³-hybridized carbons (Fsp3) is 0.577. The summed E-state index contributed by atoms with van der Waals surface area (Å²) >= 11 is 0. The number of phenolic OH excluding ortho intramolecular Hbond substituents is 2. The van der Waals surface area contributed by atoms with Gasteiger partial charge in [0, 0.05) is 6.08 Å². The maximum Gasteiger partial charge on any atom is 0.330 e. The number of allylic oxidation sites excluding steroid dienone is 1. The van der Waals surface area contributed by atoms with Crippen molar-refractivity contribution in [2.45, 2.75) is 68.5 Å². The molecule has 0 spiro atoms. The Balaban J connectivity index is 1.48. The zero-order valence-corrected chi connectivity index (χ0v) is 21.4. The van der Waals surface area contributed by atoms with Crippen LogP contribution in [-0.2, 0) is 28.5 Å². The second-order valence-electron chi connectivity index (χ2n) is 9.30. The molecule has 2 heterocycles. The van der Waals surface area contributed by atoms with Gasteiger partial charge in [-0.2, -0.15) is 0 Å². The lowest BCUT2D eigenvalue weighted by Gasteiger charge is -2.40. The molecule has 0 amide bonds. The highest BCUT2D eigenvalue weighted by atomic mass is 16.7. The molecule has 0 bridgehead atoms. The number of aromatic hydroxyl groups is 2. The quantitative estimate of drug-likeness (QED) is 0.0560. The predicted molar refractivity (Wildman–Crippen MR) is 133 cm³/mol. The summed E-state index contributed by atoms with van der Waals surface area (Å²) in [6.07, 6.45) is -2.36. The topological polar surface area (TPSA) is 205 Å². The number of carbonyl (C=O) groups excluding carboxylic acids is 1. The van der Waals surface area contributed by atoms with E-state index in [1.807, 2.05) is 19.1 Å². The molecule has 2 fully saturated rings. The van der Waals surface area contributed by atoms with Crippen molar-refractivity contribution in [3.8, 4) is 11.5 Å². The summed E-state index contributed by atoms with van der Waals surface area (Å²) in [4.78, 5) is 12.0. The van der Waals surface area contributed by atoms with Crippen molar-refractivity contribution in [3.05, 3.63) is 42.0 Å². The van der Waals surface area contributed by atoms with Gasteiger partial charge in [-0.25, -0.2) is 4.79 Å². The number of hydrogen-bond donors (Lipinski definition) is 7. The van der Waals surface area contributed by atoms with E-state index in [1.54, 1.807) is 0 Å². The number of ether oxygens (including phenoxy) is 5. The molecular formula is C26H36O13. The van der Waals surface area contributed by atoms with E-state index < -0.39 is 67.9 Å². The van der Waals surface area contributed by atoms with Gasteiger partial charge >= 0.3 is 5.97 Å². The summed E-state index contributed by atoms with van der Waals surface area (Å²) in [5, 5.41) is 70.7. The standard InChI is InChI=1S/C26H36O13/c1-2-3-4-5-10-35-24-22(32)21(31)20(30)18(39-24)12-36-25-23(33)26(34,14-38-25)13-37-19(29)9-7-15-6-8-16(27)17(28)11-15/h3-4,6-9,11,18,20-25,27-28,30-34H,2,5,10,12-14H2,1H3/t18-,20-,21+,22-,23+,24-,25-,26-/m1/s1. The maximum absolute atomic E-state index is 12.0. The summed E-state index contributed by atoms with van der Waals surface area (Å²) in [5.74, 6) is -1.53. The first-order chi connectivity index (χ1) is 18.6. The first-order valence-corrected chi connectivity index (χ1v) is 12.5. The van der Waals surface area contributed by atoms with Crippen LogP contribution in [0.1, 0.15) is 25.3 Å². The van der Waals surface area contributed by atoms with Crippen LogP contribution in [0.3, 0.4) is 0 Å². The Bertz CT molecular complexity index is 998. The third-order valence-electron chi connectivity index (χ3n) is 6.24. The zero-order valence-electron chi connectivity index (χ0n) is 21.4. The minimum atomic E-state index is -2.00. The van der Waals surface area contributed by atoms with Crippen LogP contribution >= 0.6 is 0 Å². The van der Waals surface area contributed by atoms with Crippen LogP contribution in [0.15, 0.2) is 36.4 Å². The number of aliphatic hydroxyl groups excluding tert-OH is 4. The smallest absolute Gasteiger partial charge is 0.330 e. The molecular weight excluding hydrogens is 520 g/mol. The molecule has 2 aliphatic rings. The normalized spacial score (nSPS) is 33.2. The number of benzene rings is 1. The molecule has 1 aromatic rings. The summed E-state index contributed by atoms with van der Waals surface area (Å²) in [7, 11) is 0. The molecule has 7 N–H and O–H groups in total. The number of hydrogen-bond acceptors (Lipinski definition) is 13. The largest absolute Gasteiger partial charge is 0.504 e. The fourth-order valence-electron chi connectivity index (χ4n) is 3.89. The van der Waals surface area contributed by atoms with E-state index in [2.05, 4.69) is 0 Å². The van der Waals surface area contributed by atoms with Crippen molar-refractivity contribution in [1.82, 2.24) is 0 Å². The lowest BCUT2D eigenvalue weighted by atomic mass is 9.99. The van der Waals surface area contributed by atoms with Gasteiger partial charge in [0.2, 0.25) is 0 Å². The molecule has 2 saturated heterocycles. The number of rotatable bonds is 12. The number of aliphatic hydroxyl groups is 5. The monoisotopic (exact) mass is 556 g/mol. The highest BCUT2D eigenvalue weighted by Gasteiger charge is 2.51. The highest BCUT2D eigenvalue weighted by Crippen LogP contribution is 2.29. The van der Waals surface area contributed by atoms with E-state index in [0.717, 1.165) is 12.5 Å². The third-order valence-corrected chi connectivity index (χ3v) is 6.24. The van der Waals surface area contributed by atoms with Gasteiger partial charge in [-0.15, -0.1) is 0 Å². The van der Waals surface area contributed by atoms with Gasteiger partial charge in [-0.1, -0.05) is 25.1 Å². The number of carbonyl (C=O) groups is 1. The summed E-state index contributed by atoms with van der Waals surface area (Å²) < 4.78 is 26.8. The van der Waals surface area contributed by atoms with E-state index in [4.69, 9.17) is 23.7 Å². The summed E-state index contributed by atoms with van der Waals surface area (Å²) in [6, 6.07) is 3.93. The molecule has 218 valence electrons. The molecule has 3 rings (SSSR count). The molecule has 2 aliphatic heterocycles. The van der Waals surface area contributed by atoms with Crippen LogP contribution in [0.2, 0.25) is 0 Å². The molecule has 0 radical (unpaired) electrons. The van der Waals surface area contributed by atoms with E-state index in [-0.39, 0.29) is 24.7 Å². The second kappa shape index (κ2) is 14.2. The SMILES string of the molecule is CCC=CCCO[C@@H]1O[C@H](CO[C@@H]2OC[C@](O)(COC(=O)C=Cc3ccc(O)c(O)c3)[C@H]2O)[C@@H](O)[C@H](O)[C@H]1O. The second-order valence-corrected chi connectivity index (χ2v) is 9.30. The third kappa shape index (κ3) is 8.20. The first-order valence-electron chi connectivity index (χ1n) is 12.5. The van der Waals surface area contributed by atoms with Gasteiger partial charge in [0.1, 0.15) is 37.1 Å². The Morgan fingerprint density at radius 1 is 1.05 bits per heavy atom. The number of esters is 1. The van der Waals surface area contributed by atoms with Crippen LogP contribution in [0.5, 0.6) is 11.5 Å². The van der Waals surface area contributed by atoms with Crippen LogP contribution in [0, 0.1) is 0 Å². The molecule has 1 aromatic carbocycles. The molecule has 0 aliphatic carbocycles. The Morgan fingerprint density at radius 3 is 2.54 bits per heavy atom. The Morgan fingerprint density at radius 2 is 1.82 bits per heavy atom. The molecule has 39 heavy (non-hydrogen) atoms. The zero-order chi connectivity index (χ0) is 28.6. The van der Waals surface area contributed by atoms with Crippen molar-refractivity contribution in [1.29, 1.82) is 0 Å². The van der Waals surface area contributed by atoms with Crippen molar-refractivity contribution in [2.75, 3.05) is 26.4 Å². The Hall–Kier alpha value is -2.59. The minimum Gasteiger partial charge on any atom is -0.504 e. The number of phenols is 2. The lowest BCUT2D eigenvalue weighted by molar-refractivity contribution is -0.309. The minimum absolute atomic E-state index is 0.206. The fourth-order valence-corrected chi connectivity index (χ4v) is 3.89. The van der Waals surface area contributed by atoms with Crippen LogP contribution in [-0.4, -0.2) is 117 Å². The van der Waals surface area contributed by atoms with Crippen molar-refractivity contribution < 1.29 is 64.2 Å².